The number of benzene rings is 3. The molecule has 1 amide bonds. The van der Waals surface area contributed by atoms with E-state index in [1.807, 2.05) is 0 Å². The minimum Gasteiger partial charge on any atom is -0.497 e. The number of hydrazone groups is 1. The molecule has 0 saturated heterocycles. The molecule has 0 heterocycles. The fourth-order valence-corrected chi connectivity index (χ4v) is 3.10. The maximum atomic E-state index is 12.5. The van der Waals surface area contributed by atoms with E-state index in [9.17, 15) is 9.59 Å². The van der Waals surface area contributed by atoms with Gasteiger partial charge in [-0.3, -0.25) is 4.79 Å². The second-order valence-corrected chi connectivity index (χ2v) is 7.21. The Morgan fingerprint density at radius 2 is 1.69 bits per heavy atom. The summed E-state index contributed by atoms with van der Waals surface area (Å²) in [6, 6.07) is 16.0. The molecule has 0 atom stereocenters. The maximum Gasteiger partial charge on any atom is 0.343 e. The zero-order chi connectivity index (χ0) is 23.1. The topological polar surface area (TPSA) is 86.2 Å². The van der Waals surface area contributed by atoms with E-state index in [1.54, 1.807) is 48.5 Å². The average molecular weight is 473 g/mol. The van der Waals surface area contributed by atoms with Crippen LogP contribution in [0.3, 0.4) is 0 Å². The van der Waals surface area contributed by atoms with Gasteiger partial charge in [-0.2, -0.15) is 5.10 Å². The zero-order valence-electron chi connectivity index (χ0n) is 17.1. The van der Waals surface area contributed by atoms with E-state index in [2.05, 4.69) is 10.5 Å². The molecule has 0 spiro atoms. The highest BCUT2D eigenvalue weighted by atomic mass is 35.5. The molecule has 9 heteroatoms. The third-order valence-corrected chi connectivity index (χ3v) is 4.75. The molecule has 0 bridgehead atoms. The number of halogens is 2. The SMILES string of the molecule is COc1ccc(C(=O)Oc2c(Cl)cc(C=NNC(=O)c3cccc(Cl)c3)cc2OC)cc1. The molecule has 1 N–H and O–H groups in total. The highest BCUT2D eigenvalue weighted by Crippen LogP contribution is 2.36. The predicted octanol–water partition coefficient (Wildman–Crippen LogP) is 4.99. The molecule has 0 unspecified atom stereocenters. The summed E-state index contributed by atoms with van der Waals surface area (Å²) in [5.74, 6) is -0.129. The molecular formula is C23H18Cl2N2O5. The van der Waals surface area contributed by atoms with E-state index in [0.717, 1.165) is 0 Å². The van der Waals surface area contributed by atoms with E-state index in [1.165, 1.54) is 32.6 Å². The summed E-state index contributed by atoms with van der Waals surface area (Å²) in [6.07, 6.45) is 1.38. The second kappa shape index (κ2) is 10.7. The number of amides is 1. The first kappa shape index (κ1) is 23.1. The highest BCUT2D eigenvalue weighted by molar-refractivity contribution is 6.32. The molecule has 0 saturated carbocycles. The van der Waals surface area contributed by atoms with Crippen LogP contribution in [0.25, 0.3) is 0 Å². The number of nitrogens with one attached hydrogen (secondary N) is 1. The Balaban J connectivity index is 1.73. The first-order valence-electron chi connectivity index (χ1n) is 9.24. The Labute approximate surface area is 194 Å². The van der Waals surface area contributed by atoms with Crippen LogP contribution in [0, 0.1) is 0 Å². The number of carbonyl (C=O) groups is 2. The lowest BCUT2D eigenvalue weighted by atomic mass is 10.2. The van der Waals surface area contributed by atoms with Gasteiger partial charge >= 0.3 is 5.97 Å². The number of esters is 1. The number of methoxy groups -OCH3 is 2. The van der Waals surface area contributed by atoms with Gasteiger partial charge < -0.3 is 14.2 Å². The molecule has 0 aromatic heterocycles. The number of hydrogen-bond donors (Lipinski definition) is 1. The second-order valence-electron chi connectivity index (χ2n) is 6.36. The zero-order valence-corrected chi connectivity index (χ0v) is 18.6. The summed E-state index contributed by atoms with van der Waals surface area (Å²) < 4.78 is 15.8. The van der Waals surface area contributed by atoms with E-state index in [4.69, 9.17) is 37.4 Å². The van der Waals surface area contributed by atoms with Crippen LogP contribution in [0.2, 0.25) is 10.0 Å². The van der Waals surface area contributed by atoms with Crippen molar-refractivity contribution >= 4 is 41.3 Å². The van der Waals surface area contributed by atoms with Gasteiger partial charge in [-0.05, 0) is 60.2 Å². The van der Waals surface area contributed by atoms with Gasteiger partial charge in [0.15, 0.2) is 11.5 Å². The van der Waals surface area contributed by atoms with Crippen molar-refractivity contribution in [1.29, 1.82) is 0 Å². The minimum absolute atomic E-state index is 0.0649. The fourth-order valence-electron chi connectivity index (χ4n) is 2.65. The number of rotatable bonds is 7. The van der Waals surface area contributed by atoms with Gasteiger partial charge in [0.1, 0.15) is 5.75 Å². The summed E-state index contributed by atoms with van der Waals surface area (Å²) >= 11 is 12.2. The van der Waals surface area contributed by atoms with Gasteiger partial charge in [-0.25, -0.2) is 10.2 Å². The smallest absolute Gasteiger partial charge is 0.343 e. The lowest BCUT2D eigenvalue weighted by molar-refractivity contribution is 0.0729. The molecule has 3 rings (SSSR count). The third-order valence-electron chi connectivity index (χ3n) is 4.24. The van der Waals surface area contributed by atoms with Crippen LogP contribution in [-0.2, 0) is 0 Å². The molecule has 3 aromatic carbocycles. The minimum atomic E-state index is -0.608. The quantitative estimate of drug-likeness (QED) is 0.226. The van der Waals surface area contributed by atoms with Crippen molar-refractivity contribution in [2.75, 3.05) is 14.2 Å². The monoisotopic (exact) mass is 472 g/mol. The van der Waals surface area contributed by atoms with E-state index >= 15 is 0 Å². The standard InChI is InChI=1S/C23H18Cl2N2O5/c1-30-18-8-6-15(7-9-18)23(29)32-21-19(25)10-14(11-20(21)31-2)13-26-27-22(28)16-4-3-5-17(24)12-16/h3-13H,1-2H3,(H,27,28). The Hall–Kier alpha value is -3.55. The van der Waals surface area contributed by atoms with Gasteiger partial charge in [0, 0.05) is 10.6 Å². The largest absolute Gasteiger partial charge is 0.497 e. The molecule has 0 fully saturated rings. The lowest BCUT2D eigenvalue weighted by Gasteiger charge is -2.12. The molecule has 3 aromatic rings. The molecule has 164 valence electrons. The molecule has 0 aliphatic rings. The normalized spacial score (nSPS) is 10.6. The lowest BCUT2D eigenvalue weighted by Crippen LogP contribution is -2.17. The van der Waals surface area contributed by atoms with Crippen molar-refractivity contribution in [3.05, 3.63) is 87.4 Å². The molecule has 7 nitrogen and oxygen atoms in total. The van der Waals surface area contributed by atoms with Crippen LogP contribution in [-0.4, -0.2) is 32.3 Å². The van der Waals surface area contributed by atoms with Crippen molar-refractivity contribution < 1.29 is 23.8 Å². The fraction of sp³-hybridized carbons (Fsp3) is 0.0870. The van der Waals surface area contributed by atoms with E-state index in [0.29, 0.717) is 27.5 Å². The molecule has 32 heavy (non-hydrogen) atoms. The summed E-state index contributed by atoms with van der Waals surface area (Å²) in [5, 5.41) is 4.49. The third kappa shape index (κ3) is 5.78. The number of hydrogen-bond acceptors (Lipinski definition) is 6. The number of nitrogens with zero attached hydrogens (tertiary/aromatic N) is 1. The van der Waals surface area contributed by atoms with Gasteiger partial charge in [0.25, 0.3) is 5.91 Å². The van der Waals surface area contributed by atoms with Crippen molar-refractivity contribution in [2.45, 2.75) is 0 Å². The molecular weight excluding hydrogens is 455 g/mol. The van der Waals surface area contributed by atoms with Gasteiger partial charge in [-0.1, -0.05) is 29.3 Å². The molecule has 0 aliphatic heterocycles. The first-order chi connectivity index (χ1) is 15.4. The van der Waals surface area contributed by atoms with Crippen molar-refractivity contribution in [1.82, 2.24) is 5.43 Å². The summed E-state index contributed by atoms with van der Waals surface area (Å²) in [6.45, 7) is 0. The predicted molar refractivity (Wildman–Crippen MR) is 122 cm³/mol. The Morgan fingerprint density at radius 3 is 2.34 bits per heavy atom. The first-order valence-corrected chi connectivity index (χ1v) is 9.99. The maximum absolute atomic E-state index is 12.5. The summed E-state index contributed by atoms with van der Waals surface area (Å²) in [4.78, 5) is 24.6. The van der Waals surface area contributed by atoms with Crippen LogP contribution >= 0.6 is 23.2 Å². The van der Waals surface area contributed by atoms with Gasteiger partial charge in [0.2, 0.25) is 0 Å². The van der Waals surface area contributed by atoms with E-state index in [-0.39, 0.29) is 16.5 Å². The van der Waals surface area contributed by atoms with Crippen LogP contribution in [0.15, 0.2) is 65.8 Å². The highest BCUT2D eigenvalue weighted by Gasteiger charge is 2.17. The van der Waals surface area contributed by atoms with Crippen LogP contribution in [0.5, 0.6) is 17.2 Å². The molecule has 0 aliphatic carbocycles. The van der Waals surface area contributed by atoms with Gasteiger partial charge in [0.05, 0.1) is 31.0 Å². The average Bonchev–Trinajstić information content (AvgIpc) is 2.80. The van der Waals surface area contributed by atoms with Crippen LogP contribution in [0.1, 0.15) is 26.3 Å². The summed E-state index contributed by atoms with van der Waals surface area (Å²) in [7, 11) is 2.95. The Morgan fingerprint density at radius 1 is 0.938 bits per heavy atom. The van der Waals surface area contributed by atoms with Crippen LogP contribution < -0.4 is 19.6 Å². The van der Waals surface area contributed by atoms with E-state index < -0.39 is 11.9 Å². The van der Waals surface area contributed by atoms with Gasteiger partial charge in [-0.15, -0.1) is 0 Å². The Kier molecular flexibility index (Phi) is 7.70. The van der Waals surface area contributed by atoms with Crippen LogP contribution in [0.4, 0.5) is 0 Å². The summed E-state index contributed by atoms with van der Waals surface area (Å²) in [5.41, 5.74) is 3.60. The molecule has 0 radical (unpaired) electrons. The number of carbonyl (C=O) groups excluding carboxylic acids is 2. The Bertz CT molecular complexity index is 1160. The van der Waals surface area contributed by atoms with Crippen molar-refractivity contribution in [3.8, 4) is 17.2 Å². The van der Waals surface area contributed by atoms with Crippen molar-refractivity contribution in [2.24, 2.45) is 5.10 Å². The van der Waals surface area contributed by atoms with Crippen molar-refractivity contribution in [3.63, 3.8) is 0 Å². The number of ether oxygens (including phenoxy) is 3.